The molecule has 0 atom stereocenters. The van der Waals surface area contributed by atoms with Crippen LogP contribution in [0.3, 0.4) is 0 Å². The van der Waals surface area contributed by atoms with E-state index in [-0.39, 0.29) is 17.5 Å². The van der Waals surface area contributed by atoms with Gasteiger partial charge >= 0.3 is 0 Å². The SMILES string of the molecule is O=C(CCCNc1ccc([N+](=O)[O-])cc1)Nc1cccc(N2CCCC2=O)c1. The molecule has 2 amide bonds. The van der Waals surface area contributed by atoms with Crippen LogP contribution in [0.15, 0.2) is 48.5 Å². The molecule has 1 saturated heterocycles. The first-order valence-corrected chi connectivity index (χ1v) is 9.21. The number of amides is 2. The summed E-state index contributed by atoms with van der Waals surface area (Å²) in [5.41, 5.74) is 2.29. The molecule has 0 aliphatic carbocycles. The van der Waals surface area contributed by atoms with Crippen molar-refractivity contribution in [2.45, 2.75) is 25.7 Å². The molecule has 2 aromatic carbocycles. The summed E-state index contributed by atoms with van der Waals surface area (Å²) >= 11 is 0. The van der Waals surface area contributed by atoms with Gasteiger partial charge in [0.05, 0.1) is 4.92 Å². The van der Waals surface area contributed by atoms with Gasteiger partial charge in [0.15, 0.2) is 0 Å². The fourth-order valence-corrected chi connectivity index (χ4v) is 3.08. The van der Waals surface area contributed by atoms with Crippen molar-refractivity contribution < 1.29 is 14.5 Å². The molecular formula is C20H22N4O4. The average molecular weight is 382 g/mol. The van der Waals surface area contributed by atoms with Crippen LogP contribution in [0.1, 0.15) is 25.7 Å². The lowest BCUT2D eigenvalue weighted by Gasteiger charge is -2.16. The van der Waals surface area contributed by atoms with Crippen LogP contribution in [-0.2, 0) is 9.59 Å². The van der Waals surface area contributed by atoms with Crippen molar-refractivity contribution in [1.82, 2.24) is 0 Å². The molecule has 0 radical (unpaired) electrons. The number of rotatable bonds is 8. The normalized spacial score (nSPS) is 13.4. The molecule has 0 saturated carbocycles. The minimum absolute atomic E-state index is 0.0442. The first-order valence-electron chi connectivity index (χ1n) is 9.21. The topological polar surface area (TPSA) is 105 Å². The Bertz CT molecular complexity index is 867. The molecule has 146 valence electrons. The monoisotopic (exact) mass is 382 g/mol. The Balaban J connectivity index is 1.43. The molecule has 3 rings (SSSR count). The highest BCUT2D eigenvalue weighted by molar-refractivity contribution is 5.97. The van der Waals surface area contributed by atoms with Crippen LogP contribution in [0.5, 0.6) is 0 Å². The molecule has 1 aliphatic heterocycles. The zero-order valence-electron chi connectivity index (χ0n) is 15.4. The van der Waals surface area contributed by atoms with Gasteiger partial charge in [-0.05, 0) is 43.2 Å². The number of nitro benzene ring substituents is 1. The third-order valence-corrected chi connectivity index (χ3v) is 4.50. The second-order valence-electron chi connectivity index (χ2n) is 6.58. The van der Waals surface area contributed by atoms with Gasteiger partial charge in [0.2, 0.25) is 11.8 Å². The van der Waals surface area contributed by atoms with Crippen LogP contribution < -0.4 is 15.5 Å². The van der Waals surface area contributed by atoms with Gasteiger partial charge in [0.1, 0.15) is 0 Å². The maximum atomic E-state index is 12.1. The molecule has 1 fully saturated rings. The molecule has 0 aromatic heterocycles. The molecule has 1 heterocycles. The van der Waals surface area contributed by atoms with Gasteiger partial charge in [-0.15, -0.1) is 0 Å². The van der Waals surface area contributed by atoms with E-state index in [9.17, 15) is 19.7 Å². The van der Waals surface area contributed by atoms with Crippen molar-refractivity contribution in [1.29, 1.82) is 0 Å². The highest BCUT2D eigenvalue weighted by atomic mass is 16.6. The van der Waals surface area contributed by atoms with Gasteiger partial charge < -0.3 is 15.5 Å². The number of nitrogens with one attached hydrogen (secondary N) is 2. The van der Waals surface area contributed by atoms with E-state index in [1.807, 2.05) is 18.2 Å². The Kier molecular flexibility index (Phi) is 6.21. The Morgan fingerprint density at radius 3 is 2.61 bits per heavy atom. The lowest BCUT2D eigenvalue weighted by atomic mass is 10.2. The standard InChI is InChI=1S/C20H22N4O4/c25-19(6-2-12-21-15-8-10-17(11-9-15)24(27)28)22-16-4-1-5-18(14-16)23-13-3-7-20(23)26/h1,4-5,8-11,14,21H,2-3,6-7,12-13H2,(H,22,25). The largest absolute Gasteiger partial charge is 0.385 e. The van der Waals surface area contributed by atoms with E-state index in [4.69, 9.17) is 0 Å². The van der Waals surface area contributed by atoms with E-state index in [1.165, 1.54) is 12.1 Å². The Hall–Kier alpha value is -3.42. The van der Waals surface area contributed by atoms with Crippen molar-refractivity contribution in [2.24, 2.45) is 0 Å². The number of nitrogens with zero attached hydrogens (tertiary/aromatic N) is 2. The maximum absolute atomic E-state index is 12.1. The molecule has 28 heavy (non-hydrogen) atoms. The summed E-state index contributed by atoms with van der Waals surface area (Å²) in [6, 6.07) is 13.5. The minimum Gasteiger partial charge on any atom is -0.385 e. The Labute approximate surface area is 162 Å². The predicted octanol–water partition coefficient (Wildman–Crippen LogP) is 3.55. The number of carbonyl (C=O) groups is 2. The van der Waals surface area contributed by atoms with E-state index in [0.29, 0.717) is 38.0 Å². The summed E-state index contributed by atoms with van der Waals surface area (Å²) in [6.07, 6.45) is 2.38. The number of hydrogen-bond donors (Lipinski definition) is 2. The van der Waals surface area contributed by atoms with E-state index < -0.39 is 4.92 Å². The lowest BCUT2D eigenvalue weighted by molar-refractivity contribution is -0.384. The van der Waals surface area contributed by atoms with E-state index in [0.717, 1.165) is 17.8 Å². The van der Waals surface area contributed by atoms with Crippen molar-refractivity contribution >= 4 is 34.6 Å². The van der Waals surface area contributed by atoms with Crippen LogP contribution in [0.25, 0.3) is 0 Å². The highest BCUT2D eigenvalue weighted by Crippen LogP contribution is 2.24. The smallest absolute Gasteiger partial charge is 0.269 e. The van der Waals surface area contributed by atoms with Gasteiger partial charge in [-0.2, -0.15) is 0 Å². The second-order valence-corrected chi connectivity index (χ2v) is 6.58. The van der Waals surface area contributed by atoms with Crippen LogP contribution in [0, 0.1) is 10.1 Å². The molecule has 8 heteroatoms. The quantitative estimate of drug-likeness (QED) is 0.413. The number of non-ortho nitro benzene ring substituents is 1. The van der Waals surface area contributed by atoms with Gasteiger partial charge in [-0.3, -0.25) is 19.7 Å². The van der Waals surface area contributed by atoms with Gasteiger partial charge in [-0.1, -0.05) is 6.07 Å². The molecule has 0 unspecified atom stereocenters. The Morgan fingerprint density at radius 2 is 1.93 bits per heavy atom. The van der Waals surface area contributed by atoms with Crippen LogP contribution in [0.2, 0.25) is 0 Å². The number of hydrogen-bond acceptors (Lipinski definition) is 5. The number of anilines is 3. The zero-order chi connectivity index (χ0) is 19.9. The highest BCUT2D eigenvalue weighted by Gasteiger charge is 2.21. The molecule has 2 aromatic rings. The predicted molar refractivity (Wildman–Crippen MR) is 107 cm³/mol. The summed E-state index contributed by atoms with van der Waals surface area (Å²) in [5, 5.41) is 16.6. The van der Waals surface area contributed by atoms with E-state index in [1.54, 1.807) is 23.1 Å². The minimum atomic E-state index is -0.442. The van der Waals surface area contributed by atoms with Crippen LogP contribution in [-0.4, -0.2) is 29.8 Å². The molecule has 2 N–H and O–H groups in total. The third kappa shape index (κ3) is 5.06. The molecule has 8 nitrogen and oxygen atoms in total. The summed E-state index contributed by atoms with van der Waals surface area (Å²) in [5.74, 6) is 0.0104. The van der Waals surface area contributed by atoms with Crippen molar-refractivity contribution in [2.75, 3.05) is 28.6 Å². The number of benzene rings is 2. The fraction of sp³-hybridized carbons (Fsp3) is 0.300. The number of carbonyl (C=O) groups excluding carboxylic acids is 2. The van der Waals surface area contributed by atoms with Crippen molar-refractivity contribution in [3.8, 4) is 0 Å². The van der Waals surface area contributed by atoms with Crippen LogP contribution >= 0.6 is 0 Å². The fourth-order valence-electron chi connectivity index (χ4n) is 3.08. The summed E-state index contributed by atoms with van der Waals surface area (Å²) in [6.45, 7) is 1.29. The Morgan fingerprint density at radius 1 is 1.14 bits per heavy atom. The number of nitro groups is 1. The molecule has 0 spiro atoms. The van der Waals surface area contributed by atoms with Crippen molar-refractivity contribution in [3.63, 3.8) is 0 Å². The summed E-state index contributed by atoms with van der Waals surface area (Å²) in [7, 11) is 0. The molecule has 0 bridgehead atoms. The first kappa shape index (κ1) is 19.3. The average Bonchev–Trinajstić information content (AvgIpc) is 3.12. The van der Waals surface area contributed by atoms with E-state index in [2.05, 4.69) is 10.6 Å². The zero-order valence-corrected chi connectivity index (χ0v) is 15.4. The second kappa shape index (κ2) is 8.98. The molecule has 1 aliphatic rings. The van der Waals surface area contributed by atoms with Gasteiger partial charge in [0.25, 0.3) is 5.69 Å². The third-order valence-electron chi connectivity index (χ3n) is 4.50. The van der Waals surface area contributed by atoms with Crippen molar-refractivity contribution in [3.05, 3.63) is 58.6 Å². The van der Waals surface area contributed by atoms with Gasteiger partial charge in [-0.25, -0.2) is 0 Å². The maximum Gasteiger partial charge on any atom is 0.269 e. The van der Waals surface area contributed by atoms with Crippen LogP contribution in [0.4, 0.5) is 22.7 Å². The summed E-state index contributed by atoms with van der Waals surface area (Å²) < 4.78 is 0. The lowest BCUT2D eigenvalue weighted by Crippen LogP contribution is -2.23. The molecular weight excluding hydrogens is 360 g/mol. The van der Waals surface area contributed by atoms with Gasteiger partial charge in [0, 0.05) is 55.1 Å². The summed E-state index contributed by atoms with van der Waals surface area (Å²) in [4.78, 5) is 35.9. The van der Waals surface area contributed by atoms with E-state index >= 15 is 0 Å². The first-order chi connectivity index (χ1) is 13.5.